The molecule has 3 N–H and O–H groups in total. The van der Waals surface area contributed by atoms with Crippen LogP contribution in [0.4, 0.5) is 0 Å². The number of hydrogen-bond donors (Lipinski definition) is 2. The molecule has 1 atom stereocenters. The zero-order valence-corrected chi connectivity index (χ0v) is 8.69. The van der Waals surface area contributed by atoms with Gasteiger partial charge in [-0.3, -0.25) is 4.79 Å². The second-order valence-corrected chi connectivity index (χ2v) is 4.05. The summed E-state index contributed by atoms with van der Waals surface area (Å²) in [5.74, 6) is 0.700. The molecular weight excluding hydrogens is 184 g/mol. The van der Waals surface area contributed by atoms with Gasteiger partial charge in [-0.25, -0.2) is 0 Å². The van der Waals surface area contributed by atoms with Crippen molar-refractivity contribution < 1.29 is 4.79 Å². The van der Waals surface area contributed by atoms with Gasteiger partial charge in [-0.1, -0.05) is 19.1 Å². The SMILES string of the molecule is CCC(NC(=O)CC1CC1)C(N)=S. The molecule has 1 rings (SSSR count). The van der Waals surface area contributed by atoms with Gasteiger partial charge in [0.05, 0.1) is 11.0 Å². The lowest BCUT2D eigenvalue weighted by Crippen LogP contribution is -2.43. The molecule has 3 nitrogen and oxygen atoms in total. The van der Waals surface area contributed by atoms with Gasteiger partial charge in [0.15, 0.2) is 0 Å². The van der Waals surface area contributed by atoms with Crippen LogP contribution >= 0.6 is 12.2 Å². The fraction of sp³-hybridized carbons (Fsp3) is 0.778. The van der Waals surface area contributed by atoms with Gasteiger partial charge < -0.3 is 11.1 Å². The van der Waals surface area contributed by atoms with Crippen molar-refractivity contribution in [3.05, 3.63) is 0 Å². The molecule has 0 aromatic rings. The highest BCUT2D eigenvalue weighted by Crippen LogP contribution is 2.32. The predicted molar refractivity (Wildman–Crippen MR) is 56.3 cm³/mol. The Morgan fingerprint density at radius 3 is 2.69 bits per heavy atom. The first-order valence-corrected chi connectivity index (χ1v) is 5.13. The number of thiocarbonyl (C=S) groups is 1. The van der Waals surface area contributed by atoms with Gasteiger partial charge in [-0.15, -0.1) is 0 Å². The average Bonchev–Trinajstić information content (AvgIpc) is 2.83. The Labute approximate surface area is 84.1 Å². The van der Waals surface area contributed by atoms with Crippen molar-refractivity contribution in [2.24, 2.45) is 11.7 Å². The van der Waals surface area contributed by atoms with Crippen molar-refractivity contribution in [2.45, 2.75) is 38.6 Å². The molecule has 13 heavy (non-hydrogen) atoms. The normalized spacial score (nSPS) is 17.9. The van der Waals surface area contributed by atoms with Crippen molar-refractivity contribution in [1.82, 2.24) is 5.32 Å². The van der Waals surface area contributed by atoms with E-state index in [-0.39, 0.29) is 11.9 Å². The minimum atomic E-state index is -0.124. The van der Waals surface area contributed by atoms with Gasteiger partial charge in [-0.2, -0.15) is 0 Å². The highest BCUT2D eigenvalue weighted by Gasteiger charge is 2.25. The second-order valence-electron chi connectivity index (χ2n) is 3.58. The molecule has 0 aromatic heterocycles. The highest BCUT2D eigenvalue weighted by atomic mass is 32.1. The topological polar surface area (TPSA) is 55.1 Å². The van der Waals surface area contributed by atoms with Crippen LogP contribution in [0.25, 0.3) is 0 Å². The Hall–Kier alpha value is -0.640. The summed E-state index contributed by atoms with van der Waals surface area (Å²) in [7, 11) is 0. The first kappa shape index (κ1) is 10.4. The fourth-order valence-corrected chi connectivity index (χ4v) is 1.44. The maximum absolute atomic E-state index is 11.3. The van der Waals surface area contributed by atoms with E-state index in [4.69, 9.17) is 18.0 Å². The summed E-state index contributed by atoms with van der Waals surface area (Å²) in [5.41, 5.74) is 5.46. The van der Waals surface area contributed by atoms with Crippen molar-refractivity contribution in [3.8, 4) is 0 Å². The zero-order valence-electron chi connectivity index (χ0n) is 7.88. The molecule has 74 valence electrons. The van der Waals surface area contributed by atoms with E-state index in [1.54, 1.807) is 0 Å². The largest absolute Gasteiger partial charge is 0.392 e. The van der Waals surface area contributed by atoms with Crippen LogP contribution in [0.15, 0.2) is 0 Å². The standard InChI is InChI=1S/C9H16N2OS/c1-2-7(9(10)13)11-8(12)5-6-3-4-6/h6-7H,2-5H2,1H3,(H2,10,13)(H,11,12). The average molecular weight is 200 g/mol. The molecule has 0 aromatic carbocycles. The minimum Gasteiger partial charge on any atom is -0.392 e. The second kappa shape index (κ2) is 4.56. The zero-order chi connectivity index (χ0) is 9.84. The molecule has 0 bridgehead atoms. The summed E-state index contributed by atoms with van der Waals surface area (Å²) in [6, 6.07) is -0.124. The number of rotatable bonds is 5. The van der Waals surface area contributed by atoms with Crippen LogP contribution in [0.2, 0.25) is 0 Å². The van der Waals surface area contributed by atoms with Crippen LogP contribution in [0.1, 0.15) is 32.6 Å². The summed E-state index contributed by atoms with van der Waals surface area (Å²) in [5, 5.41) is 2.83. The van der Waals surface area contributed by atoms with Gasteiger partial charge in [0, 0.05) is 6.42 Å². The van der Waals surface area contributed by atoms with E-state index in [1.165, 1.54) is 12.8 Å². The number of nitrogens with one attached hydrogen (secondary N) is 1. The summed E-state index contributed by atoms with van der Waals surface area (Å²) < 4.78 is 0. The van der Waals surface area contributed by atoms with Crippen LogP contribution in [0, 0.1) is 5.92 Å². The molecule has 0 aliphatic heterocycles. The lowest BCUT2D eigenvalue weighted by atomic mass is 10.2. The van der Waals surface area contributed by atoms with E-state index < -0.39 is 0 Å². The minimum absolute atomic E-state index is 0.0853. The molecule has 0 heterocycles. The third kappa shape index (κ3) is 3.72. The molecule has 1 unspecified atom stereocenters. The van der Waals surface area contributed by atoms with Gasteiger partial charge in [0.25, 0.3) is 0 Å². The Kier molecular flexibility index (Phi) is 3.66. The van der Waals surface area contributed by atoms with Crippen molar-refractivity contribution in [3.63, 3.8) is 0 Å². The van der Waals surface area contributed by atoms with Crippen molar-refractivity contribution in [2.75, 3.05) is 0 Å². The Morgan fingerprint density at radius 2 is 2.31 bits per heavy atom. The number of carbonyl (C=O) groups excluding carboxylic acids is 1. The molecule has 1 amide bonds. The number of hydrogen-bond acceptors (Lipinski definition) is 2. The monoisotopic (exact) mass is 200 g/mol. The lowest BCUT2D eigenvalue weighted by Gasteiger charge is -2.14. The van der Waals surface area contributed by atoms with E-state index >= 15 is 0 Å². The molecular formula is C9H16N2OS. The fourth-order valence-electron chi connectivity index (χ4n) is 1.21. The van der Waals surface area contributed by atoms with Crippen LogP contribution < -0.4 is 11.1 Å². The summed E-state index contributed by atoms with van der Waals surface area (Å²) in [6.07, 6.45) is 3.79. The number of amides is 1. The van der Waals surface area contributed by atoms with Crippen LogP contribution in [-0.2, 0) is 4.79 Å². The molecule has 1 aliphatic rings. The molecule has 0 saturated heterocycles. The molecule has 4 heteroatoms. The van der Waals surface area contributed by atoms with E-state index in [0.29, 0.717) is 17.3 Å². The van der Waals surface area contributed by atoms with Gasteiger partial charge in [0.1, 0.15) is 0 Å². The van der Waals surface area contributed by atoms with Crippen molar-refractivity contribution in [1.29, 1.82) is 0 Å². The first-order valence-electron chi connectivity index (χ1n) is 4.72. The van der Waals surface area contributed by atoms with Crippen LogP contribution in [-0.4, -0.2) is 16.9 Å². The maximum atomic E-state index is 11.3. The first-order chi connectivity index (χ1) is 6.13. The molecule has 0 radical (unpaired) electrons. The predicted octanol–water partition coefficient (Wildman–Crippen LogP) is 0.967. The summed E-state index contributed by atoms with van der Waals surface area (Å²) in [6.45, 7) is 1.96. The third-order valence-corrected chi connectivity index (χ3v) is 2.54. The van der Waals surface area contributed by atoms with E-state index in [9.17, 15) is 4.79 Å². The third-order valence-electron chi connectivity index (χ3n) is 2.26. The Morgan fingerprint density at radius 1 is 1.69 bits per heavy atom. The quantitative estimate of drug-likeness (QED) is 0.650. The van der Waals surface area contributed by atoms with Gasteiger partial charge >= 0.3 is 0 Å². The summed E-state index contributed by atoms with van der Waals surface area (Å²) in [4.78, 5) is 11.7. The van der Waals surface area contributed by atoms with E-state index in [1.807, 2.05) is 6.92 Å². The smallest absolute Gasteiger partial charge is 0.220 e. The van der Waals surface area contributed by atoms with Gasteiger partial charge in [-0.05, 0) is 25.2 Å². The van der Waals surface area contributed by atoms with Crippen LogP contribution in [0.3, 0.4) is 0 Å². The highest BCUT2D eigenvalue weighted by molar-refractivity contribution is 7.80. The van der Waals surface area contributed by atoms with E-state index in [0.717, 1.165) is 6.42 Å². The molecule has 0 spiro atoms. The molecule has 1 saturated carbocycles. The number of carbonyl (C=O) groups is 1. The van der Waals surface area contributed by atoms with E-state index in [2.05, 4.69) is 5.32 Å². The Bertz CT molecular complexity index is 214. The Balaban J connectivity index is 2.26. The van der Waals surface area contributed by atoms with Crippen molar-refractivity contribution >= 4 is 23.1 Å². The maximum Gasteiger partial charge on any atom is 0.220 e. The molecule has 1 fully saturated rings. The molecule has 1 aliphatic carbocycles. The van der Waals surface area contributed by atoms with Gasteiger partial charge in [0.2, 0.25) is 5.91 Å². The lowest BCUT2D eigenvalue weighted by molar-refractivity contribution is -0.121. The summed E-state index contributed by atoms with van der Waals surface area (Å²) >= 11 is 4.83. The number of nitrogens with two attached hydrogens (primary N) is 1. The van der Waals surface area contributed by atoms with Crippen LogP contribution in [0.5, 0.6) is 0 Å².